The maximum absolute atomic E-state index is 14.0. The number of nitrogens with zero attached hydrogens (tertiary/aromatic N) is 2. The molecule has 1 unspecified atom stereocenters. The SMILES string of the molecule is O=C1COCC2(CCN(Cc3ccc(F)cc3F)C2)CN1c1ccccc1. The summed E-state index contributed by atoms with van der Waals surface area (Å²) < 4.78 is 32.8. The number of amides is 1. The molecular weight excluding hydrogens is 350 g/mol. The van der Waals surface area contributed by atoms with Gasteiger partial charge in [-0.25, -0.2) is 8.78 Å². The first-order valence-electron chi connectivity index (χ1n) is 9.14. The molecule has 0 bridgehead atoms. The number of anilines is 1. The number of para-hydroxylation sites is 1. The van der Waals surface area contributed by atoms with E-state index in [1.165, 1.54) is 12.1 Å². The Balaban J connectivity index is 1.50. The maximum Gasteiger partial charge on any atom is 0.252 e. The van der Waals surface area contributed by atoms with Gasteiger partial charge in [-0.05, 0) is 31.2 Å². The van der Waals surface area contributed by atoms with Gasteiger partial charge in [0.2, 0.25) is 0 Å². The van der Waals surface area contributed by atoms with Crippen molar-refractivity contribution in [2.75, 3.05) is 37.7 Å². The summed E-state index contributed by atoms with van der Waals surface area (Å²) in [5.41, 5.74) is 1.17. The fraction of sp³-hybridized carbons (Fsp3) is 0.381. The van der Waals surface area contributed by atoms with E-state index in [1.54, 1.807) is 4.90 Å². The van der Waals surface area contributed by atoms with Gasteiger partial charge in [0.05, 0.1) is 6.61 Å². The number of hydrogen-bond acceptors (Lipinski definition) is 3. The average molecular weight is 372 g/mol. The molecule has 4 rings (SSSR count). The van der Waals surface area contributed by atoms with Crippen LogP contribution >= 0.6 is 0 Å². The third-order valence-electron chi connectivity index (χ3n) is 5.42. The lowest BCUT2D eigenvalue weighted by atomic mass is 9.87. The molecule has 2 aromatic carbocycles. The third kappa shape index (κ3) is 3.87. The second kappa shape index (κ2) is 7.37. The third-order valence-corrected chi connectivity index (χ3v) is 5.42. The van der Waals surface area contributed by atoms with Gasteiger partial charge in [-0.15, -0.1) is 0 Å². The summed E-state index contributed by atoms with van der Waals surface area (Å²) in [6.45, 7) is 3.08. The predicted octanol–water partition coefficient (Wildman–Crippen LogP) is 3.22. The minimum absolute atomic E-state index is 0.0406. The topological polar surface area (TPSA) is 32.8 Å². The molecule has 1 spiro atoms. The minimum atomic E-state index is -0.566. The number of carbonyl (C=O) groups excluding carboxylic acids is 1. The smallest absolute Gasteiger partial charge is 0.252 e. The van der Waals surface area contributed by atoms with Gasteiger partial charge in [0.1, 0.15) is 18.2 Å². The van der Waals surface area contributed by atoms with Crippen molar-refractivity contribution in [3.8, 4) is 0 Å². The lowest BCUT2D eigenvalue weighted by molar-refractivity contribution is -0.122. The van der Waals surface area contributed by atoms with Crippen molar-refractivity contribution in [3.63, 3.8) is 0 Å². The standard InChI is InChI=1S/C21H22F2N2O2/c22-17-7-6-16(19(23)10-17)11-24-9-8-21(13-24)14-25(20(26)12-27-15-21)18-4-2-1-3-5-18/h1-7,10H,8-9,11-15H2. The van der Waals surface area contributed by atoms with E-state index in [2.05, 4.69) is 4.90 Å². The van der Waals surface area contributed by atoms with Gasteiger partial charge in [0.15, 0.2) is 0 Å². The Kier molecular flexibility index (Phi) is 4.93. The molecule has 27 heavy (non-hydrogen) atoms. The Bertz CT molecular complexity index is 830. The molecule has 2 heterocycles. The Morgan fingerprint density at radius 1 is 1.07 bits per heavy atom. The van der Waals surface area contributed by atoms with Crippen LogP contribution in [0.3, 0.4) is 0 Å². The molecule has 0 aliphatic carbocycles. The molecule has 0 aromatic heterocycles. The van der Waals surface area contributed by atoms with Gasteiger partial charge in [-0.1, -0.05) is 24.3 Å². The number of likely N-dealkylation sites (tertiary alicyclic amines) is 1. The number of benzene rings is 2. The van der Waals surface area contributed by atoms with Crippen molar-refractivity contribution >= 4 is 11.6 Å². The molecule has 2 aliphatic heterocycles. The number of halogens is 2. The van der Waals surface area contributed by atoms with E-state index in [0.717, 1.165) is 24.7 Å². The van der Waals surface area contributed by atoms with Crippen LogP contribution in [0, 0.1) is 17.0 Å². The molecule has 6 heteroatoms. The number of hydrogen-bond donors (Lipinski definition) is 0. The Morgan fingerprint density at radius 3 is 2.67 bits per heavy atom. The molecule has 1 atom stereocenters. The number of rotatable bonds is 3. The summed E-state index contributed by atoms with van der Waals surface area (Å²) in [5, 5.41) is 0. The second-order valence-corrected chi connectivity index (χ2v) is 7.50. The molecule has 2 fully saturated rings. The average Bonchev–Trinajstić information content (AvgIpc) is 2.97. The van der Waals surface area contributed by atoms with Crippen LogP contribution < -0.4 is 4.90 Å². The van der Waals surface area contributed by atoms with Crippen LogP contribution in [0.5, 0.6) is 0 Å². The molecule has 0 radical (unpaired) electrons. The van der Waals surface area contributed by atoms with Crippen molar-refractivity contribution in [2.24, 2.45) is 5.41 Å². The van der Waals surface area contributed by atoms with Gasteiger partial charge in [-0.3, -0.25) is 9.69 Å². The number of ether oxygens (including phenoxy) is 1. The van der Waals surface area contributed by atoms with E-state index >= 15 is 0 Å². The van der Waals surface area contributed by atoms with Crippen LogP contribution in [0.1, 0.15) is 12.0 Å². The van der Waals surface area contributed by atoms with Gasteiger partial charge in [-0.2, -0.15) is 0 Å². The van der Waals surface area contributed by atoms with Crippen molar-refractivity contribution in [3.05, 3.63) is 65.7 Å². The fourth-order valence-electron chi connectivity index (χ4n) is 4.05. The number of carbonyl (C=O) groups is 1. The summed E-state index contributed by atoms with van der Waals surface area (Å²) in [6, 6.07) is 13.3. The summed E-state index contributed by atoms with van der Waals surface area (Å²) in [7, 11) is 0. The predicted molar refractivity (Wildman–Crippen MR) is 98.3 cm³/mol. The van der Waals surface area contributed by atoms with E-state index in [9.17, 15) is 13.6 Å². The summed E-state index contributed by atoms with van der Waals surface area (Å²) in [4.78, 5) is 16.5. The van der Waals surface area contributed by atoms with Crippen molar-refractivity contribution < 1.29 is 18.3 Å². The summed E-state index contributed by atoms with van der Waals surface area (Å²) in [5.74, 6) is -1.13. The first-order valence-corrected chi connectivity index (χ1v) is 9.14. The molecule has 0 saturated carbocycles. The molecular formula is C21H22F2N2O2. The van der Waals surface area contributed by atoms with Crippen LogP contribution in [-0.2, 0) is 16.1 Å². The van der Waals surface area contributed by atoms with Gasteiger partial charge in [0, 0.05) is 42.4 Å². The zero-order chi connectivity index (χ0) is 18.9. The molecule has 142 valence electrons. The van der Waals surface area contributed by atoms with Crippen LogP contribution in [0.2, 0.25) is 0 Å². The first-order chi connectivity index (χ1) is 13.0. The monoisotopic (exact) mass is 372 g/mol. The second-order valence-electron chi connectivity index (χ2n) is 7.50. The Labute approximate surface area is 157 Å². The lowest BCUT2D eigenvalue weighted by Crippen LogP contribution is -2.42. The van der Waals surface area contributed by atoms with E-state index < -0.39 is 11.6 Å². The van der Waals surface area contributed by atoms with E-state index in [0.29, 0.717) is 31.8 Å². The van der Waals surface area contributed by atoms with Gasteiger partial charge < -0.3 is 9.64 Å². The minimum Gasteiger partial charge on any atom is -0.371 e. The highest BCUT2D eigenvalue weighted by Gasteiger charge is 2.43. The van der Waals surface area contributed by atoms with Crippen LogP contribution in [0.25, 0.3) is 0 Å². The highest BCUT2D eigenvalue weighted by molar-refractivity contribution is 5.94. The fourth-order valence-corrected chi connectivity index (χ4v) is 4.05. The van der Waals surface area contributed by atoms with Gasteiger partial charge in [0.25, 0.3) is 5.91 Å². The van der Waals surface area contributed by atoms with E-state index in [4.69, 9.17) is 4.74 Å². The molecule has 0 N–H and O–H groups in total. The van der Waals surface area contributed by atoms with Gasteiger partial charge >= 0.3 is 0 Å². The summed E-state index contributed by atoms with van der Waals surface area (Å²) in [6.07, 6.45) is 0.867. The maximum atomic E-state index is 14.0. The van der Waals surface area contributed by atoms with Crippen LogP contribution in [-0.4, -0.2) is 43.7 Å². The van der Waals surface area contributed by atoms with Crippen LogP contribution in [0.4, 0.5) is 14.5 Å². The highest BCUT2D eigenvalue weighted by atomic mass is 19.1. The van der Waals surface area contributed by atoms with Crippen molar-refractivity contribution in [1.82, 2.24) is 4.90 Å². The van der Waals surface area contributed by atoms with Crippen LogP contribution in [0.15, 0.2) is 48.5 Å². The molecule has 2 aliphatic rings. The molecule has 1 amide bonds. The first kappa shape index (κ1) is 18.1. The van der Waals surface area contributed by atoms with E-state index in [1.807, 2.05) is 30.3 Å². The highest BCUT2D eigenvalue weighted by Crippen LogP contribution is 2.36. The Morgan fingerprint density at radius 2 is 1.89 bits per heavy atom. The Hall–Kier alpha value is -2.31. The van der Waals surface area contributed by atoms with Crippen molar-refractivity contribution in [2.45, 2.75) is 13.0 Å². The molecule has 2 aromatic rings. The zero-order valence-corrected chi connectivity index (χ0v) is 15.0. The molecule has 4 nitrogen and oxygen atoms in total. The summed E-state index contributed by atoms with van der Waals surface area (Å²) >= 11 is 0. The van der Waals surface area contributed by atoms with Crippen molar-refractivity contribution in [1.29, 1.82) is 0 Å². The normalized spacial score (nSPS) is 23.8. The van der Waals surface area contributed by atoms with E-state index in [-0.39, 0.29) is 17.9 Å². The quantitative estimate of drug-likeness (QED) is 0.829. The molecule has 2 saturated heterocycles. The zero-order valence-electron chi connectivity index (χ0n) is 15.0. The lowest BCUT2D eigenvalue weighted by Gasteiger charge is -2.32. The largest absolute Gasteiger partial charge is 0.371 e.